The largest absolute Gasteiger partial charge is 0.463 e. The lowest BCUT2D eigenvalue weighted by molar-refractivity contribution is 0.292. The highest BCUT2D eigenvalue weighted by molar-refractivity contribution is 5.36. The minimum absolute atomic E-state index is 0.118. The van der Waals surface area contributed by atoms with E-state index < -0.39 is 0 Å². The van der Waals surface area contributed by atoms with Gasteiger partial charge in [-0.1, -0.05) is 44.2 Å². The van der Waals surface area contributed by atoms with Crippen molar-refractivity contribution in [2.24, 2.45) is 0 Å². The van der Waals surface area contributed by atoms with E-state index in [9.17, 15) is 0 Å². The van der Waals surface area contributed by atoms with Crippen LogP contribution >= 0.6 is 0 Å². The quantitative estimate of drug-likeness (QED) is 0.814. The van der Waals surface area contributed by atoms with Crippen molar-refractivity contribution in [2.45, 2.75) is 32.7 Å². The van der Waals surface area contributed by atoms with Crippen molar-refractivity contribution in [3.05, 3.63) is 35.9 Å². The molecule has 6 heteroatoms. The normalized spacial score (nSPS) is 11.9. The highest BCUT2D eigenvalue weighted by atomic mass is 16.5. The molecule has 0 aliphatic heterocycles. The van der Waals surface area contributed by atoms with Crippen molar-refractivity contribution >= 4 is 11.9 Å². The molecule has 2 aromatic rings. The summed E-state index contributed by atoms with van der Waals surface area (Å²) in [5.41, 5.74) is 6.88. The number of anilines is 2. The number of nitrogens with one attached hydrogen (secondary N) is 1. The van der Waals surface area contributed by atoms with Crippen LogP contribution in [0.1, 0.15) is 38.3 Å². The summed E-state index contributed by atoms with van der Waals surface area (Å²) < 4.78 is 5.42. The van der Waals surface area contributed by atoms with E-state index in [-0.39, 0.29) is 18.0 Å². The lowest BCUT2D eigenvalue weighted by Gasteiger charge is -2.17. The van der Waals surface area contributed by atoms with Crippen molar-refractivity contribution < 1.29 is 4.74 Å². The van der Waals surface area contributed by atoms with Crippen LogP contribution in [-0.4, -0.2) is 21.6 Å². The van der Waals surface area contributed by atoms with Gasteiger partial charge in [-0.15, -0.1) is 0 Å². The summed E-state index contributed by atoms with van der Waals surface area (Å²) in [5.74, 6) is 0.589. The second-order valence-corrected chi connectivity index (χ2v) is 4.66. The van der Waals surface area contributed by atoms with Crippen LogP contribution < -0.4 is 15.8 Å². The molecule has 112 valence electrons. The molecule has 0 saturated carbocycles. The Morgan fingerprint density at radius 1 is 1.14 bits per heavy atom. The molecule has 2 rings (SSSR count). The number of aromatic nitrogens is 3. The van der Waals surface area contributed by atoms with Gasteiger partial charge < -0.3 is 15.8 Å². The second-order valence-electron chi connectivity index (χ2n) is 4.66. The van der Waals surface area contributed by atoms with Crippen LogP contribution in [0.4, 0.5) is 11.9 Å². The topological polar surface area (TPSA) is 86.0 Å². The molecule has 1 unspecified atom stereocenters. The van der Waals surface area contributed by atoms with Gasteiger partial charge in [0.1, 0.15) is 0 Å². The molecule has 0 amide bonds. The molecule has 21 heavy (non-hydrogen) atoms. The summed E-state index contributed by atoms with van der Waals surface area (Å²) in [4.78, 5) is 12.3. The van der Waals surface area contributed by atoms with E-state index in [1.54, 1.807) is 0 Å². The minimum Gasteiger partial charge on any atom is -0.463 e. The van der Waals surface area contributed by atoms with Gasteiger partial charge in [-0.3, -0.25) is 0 Å². The molecular formula is C15H21N5O. The number of rotatable bonds is 7. The zero-order chi connectivity index (χ0) is 15.1. The van der Waals surface area contributed by atoms with E-state index in [0.29, 0.717) is 12.6 Å². The molecule has 0 spiro atoms. The Kier molecular flexibility index (Phi) is 5.31. The number of hydrogen-bond acceptors (Lipinski definition) is 6. The van der Waals surface area contributed by atoms with E-state index in [1.807, 2.05) is 25.1 Å². The van der Waals surface area contributed by atoms with Crippen molar-refractivity contribution in [3.63, 3.8) is 0 Å². The fourth-order valence-corrected chi connectivity index (χ4v) is 1.96. The van der Waals surface area contributed by atoms with Gasteiger partial charge in [0, 0.05) is 0 Å². The Labute approximate surface area is 124 Å². The SMILES string of the molecule is CCCOc1nc(N)nc(NC(CC)c2ccccc2)n1. The van der Waals surface area contributed by atoms with Crippen molar-refractivity contribution in [2.75, 3.05) is 17.7 Å². The zero-order valence-corrected chi connectivity index (χ0v) is 12.4. The molecular weight excluding hydrogens is 266 g/mol. The van der Waals surface area contributed by atoms with Crippen LogP contribution in [0.25, 0.3) is 0 Å². The number of benzene rings is 1. The molecule has 1 aromatic heterocycles. The summed E-state index contributed by atoms with van der Waals surface area (Å²) in [7, 11) is 0. The first-order valence-corrected chi connectivity index (χ1v) is 7.18. The number of nitrogen functional groups attached to an aromatic ring is 1. The zero-order valence-electron chi connectivity index (χ0n) is 12.4. The van der Waals surface area contributed by atoms with Gasteiger partial charge in [0.15, 0.2) is 0 Å². The maximum Gasteiger partial charge on any atom is 0.323 e. The van der Waals surface area contributed by atoms with Crippen LogP contribution in [0, 0.1) is 0 Å². The standard InChI is InChI=1S/C15H21N5O/c1-3-10-21-15-19-13(16)18-14(20-15)17-12(4-2)11-8-6-5-7-9-11/h5-9,12H,3-4,10H2,1-2H3,(H3,16,17,18,19,20). The number of hydrogen-bond donors (Lipinski definition) is 2. The van der Waals surface area contributed by atoms with Crippen LogP contribution in [-0.2, 0) is 0 Å². The average molecular weight is 287 g/mol. The van der Waals surface area contributed by atoms with E-state index >= 15 is 0 Å². The number of ether oxygens (including phenoxy) is 1. The second kappa shape index (κ2) is 7.42. The highest BCUT2D eigenvalue weighted by Gasteiger charge is 2.12. The lowest BCUT2D eigenvalue weighted by atomic mass is 10.1. The Hall–Kier alpha value is -2.37. The molecule has 0 aliphatic rings. The minimum atomic E-state index is 0.118. The summed E-state index contributed by atoms with van der Waals surface area (Å²) in [6, 6.07) is 10.5. The molecule has 0 fully saturated rings. The number of nitrogens with two attached hydrogens (primary N) is 1. The summed E-state index contributed by atoms with van der Waals surface area (Å²) in [6.45, 7) is 4.68. The van der Waals surface area contributed by atoms with Gasteiger partial charge in [-0.2, -0.15) is 15.0 Å². The maximum atomic E-state index is 5.70. The van der Waals surface area contributed by atoms with Gasteiger partial charge in [0.05, 0.1) is 12.6 Å². The average Bonchev–Trinajstić information content (AvgIpc) is 2.51. The van der Waals surface area contributed by atoms with Gasteiger partial charge >= 0.3 is 6.01 Å². The number of nitrogens with zero attached hydrogens (tertiary/aromatic N) is 3. The third-order valence-electron chi connectivity index (χ3n) is 2.98. The fourth-order valence-electron chi connectivity index (χ4n) is 1.96. The first kappa shape index (κ1) is 15.0. The van der Waals surface area contributed by atoms with Gasteiger partial charge in [-0.25, -0.2) is 0 Å². The highest BCUT2D eigenvalue weighted by Crippen LogP contribution is 2.21. The van der Waals surface area contributed by atoms with Crippen LogP contribution in [0.3, 0.4) is 0 Å². The Morgan fingerprint density at radius 3 is 2.57 bits per heavy atom. The smallest absolute Gasteiger partial charge is 0.323 e. The molecule has 6 nitrogen and oxygen atoms in total. The molecule has 1 atom stereocenters. The van der Waals surface area contributed by atoms with E-state index in [0.717, 1.165) is 12.8 Å². The van der Waals surface area contributed by atoms with Gasteiger partial charge in [0.25, 0.3) is 0 Å². The summed E-state index contributed by atoms with van der Waals surface area (Å²) >= 11 is 0. The Balaban J connectivity index is 2.15. The summed E-state index contributed by atoms with van der Waals surface area (Å²) in [6.07, 6.45) is 1.79. The first-order valence-electron chi connectivity index (χ1n) is 7.18. The molecule has 1 heterocycles. The van der Waals surface area contributed by atoms with E-state index in [1.165, 1.54) is 5.56 Å². The molecule has 3 N–H and O–H groups in total. The predicted octanol–water partition coefficient (Wildman–Crippen LogP) is 2.81. The fraction of sp³-hybridized carbons (Fsp3) is 0.400. The predicted molar refractivity (Wildman–Crippen MR) is 83.1 cm³/mol. The molecule has 1 aromatic carbocycles. The third-order valence-corrected chi connectivity index (χ3v) is 2.98. The van der Waals surface area contributed by atoms with E-state index in [2.05, 4.69) is 39.3 Å². The van der Waals surface area contributed by atoms with Crippen LogP contribution in [0.2, 0.25) is 0 Å². The summed E-state index contributed by atoms with van der Waals surface area (Å²) in [5, 5.41) is 3.28. The van der Waals surface area contributed by atoms with Gasteiger partial charge in [-0.05, 0) is 18.4 Å². The van der Waals surface area contributed by atoms with Crippen LogP contribution in [0.5, 0.6) is 6.01 Å². The maximum absolute atomic E-state index is 5.70. The Morgan fingerprint density at radius 2 is 1.90 bits per heavy atom. The molecule has 0 saturated heterocycles. The molecule has 0 aliphatic carbocycles. The lowest BCUT2D eigenvalue weighted by Crippen LogP contribution is -2.14. The monoisotopic (exact) mass is 287 g/mol. The first-order chi connectivity index (χ1) is 10.2. The van der Waals surface area contributed by atoms with Gasteiger partial charge in [0.2, 0.25) is 11.9 Å². The third kappa shape index (κ3) is 4.30. The van der Waals surface area contributed by atoms with E-state index in [4.69, 9.17) is 10.5 Å². The van der Waals surface area contributed by atoms with Crippen molar-refractivity contribution in [3.8, 4) is 6.01 Å². The Bertz CT molecular complexity index is 561. The molecule has 0 radical (unpaired) electrons. The van der Waals surface area contributed by atoms with Crippen molar-refractivity contribution in [1.82, 2.24) is 15.0 Å². The molecule has 0 bridgehead atoms. The van der Waals surface area contributed by atoms with Crippen molar-refractivity contribution in [1.29, 1.82) is 0 Å². The van der Waals surface area contributed by atoms with Crippen LogP contribution in [0.15, 0.2) is 30.3 Å².